The Morgan fingerprint density at radius 3 is 2.95 bits per heavy atom. The van der Waals surface area contributed by atoms with Gasteiger partial charge in [-0.15, -0.1) is 0 Å². The maximum Gasteiger partial charge on any atom is 0.409 e. The number of carbonyl (C=O) groups is 1. The van der Waals surface area contributed by atoms with Crippen LogP contribution in [0.4, 0.5) is 4.79 Å². The zero-order valence-electron chi connectivity index (χ0n) is 11.6. The number of aliphatic imine (C=N–C) groups is 2. The molecule has 1 saturated heterocycles. The first kappa shape index (κ1) is 13.8. The Morgan fingerprint density at radius 2 is 2.32 bits per heavy atom. The quantitative estimate of drug-likeness (QED) is 0.822. The van der Waals surface area contributed by atoms with E-state index in [1.807, 2.05) is 13.1 Å². The first-order valence-electron chi connectivity index (χ1n) is 6.97. The van der Waals surface area contributed by atoms with E-state index >= 15 is 0 Å². The van der Waals surface area contributed by atoms with Crippen LogP contribution in [0.5, 0.6) is 0 Å². The minimum absolute atomic E-state index is 0.212. The molecule has 106 valence electrons. The van der Waals surface area contributed by atoms with Crippen LogP contribution in [0, 0.1) is 0 Å². The summed E-state index contributed by atoms with van der Waals surface area (Å²) in [6.07, 6.45) is 4.38. The van der Waals surface area contributed by atoms with Crippen LogP contribution in [0.2, 0.25) is 0 Å². The summed E-state index contributed by atoms with van der Waals surface area (Å²) in [5.41, 5.74) is 0. The van der Waals surface area contributed by atoms with Crippen LogP contribution >= 0.6 is 0 Å². The van der Waals surface area contributed by atoms with Crippen molar-refractivity contribution in [2.45, 2.75) is 45.2 Å². The number of piperidine rings is 1. The van der Waals surface area contributed by atoms with Crippen LogP contribution in [-0.4, -0.2) is 54.9 Å². The topological polar surface area (TPSA) is 66.3 Å². The van der Waals surface area contributed by atoms with Crippen molar-refractivity contribution in [2.75, 3.05) is 19.7 Å². The van der Waals surface area contributed by atoms with Crippen LogP contribution in [0.3, 0.4) is 0 Å². The van der Waals surface area contributed by atoms with Crippen molar-refractivity contribution >= 4 is 18.3 Å². The first-order valence-corrected chi connectivity index (χ1v) is 6.97. The van der Waals surface area contributed by atoms with Gasteiger partial charge < -0.3 is 15.0 Å². The van der Waals surface area contributed by atoms with E-state index in [9.17, 15) is 4.79 Å². The average Bonchev–Trinajstić information content (AvgIpc) is 2.40. The summed E-state index contributed by atoms with van der Waals surface area (Å²) < 4.78 is 5.00. The summed E-state index contributed by atoms with van der Waals surface area (Å²) in [6.45, 7) is 5.78. The maximum absolute atomic E-state index is 11.6. The number of ether oxygens (including phenoxy) is 1. The molecule has 6 nitrogen and oxygen atoms in total. The van der Waals surface area contributed by atoms with Crippen LogP contribution in [-0.2, 0) is 4.74 Å². The van der Waals surface area contributed by atoms with Crippen LogP contribution in [0.25, 0.3) is 0 Å². The highest BCUT2D eigenvalue weighted by Crippen LogP contribution is 2.15. The maximum atomic E-state index is 11.6. The van der Waals surface area contributed by atoms with E-state index in [-0.39, 0.29) is 12.1 Å². The van der Waals surface area contributed by atoms with Crippen molar-refractivity contribution < 1.29 is 9.53 Å². The Kier molecular flexibility index (Phi) is 4.76. The Labute approximate surface area is 113 Å². The smallest absolute Gasteiger partial charge is 0.409 e. The van der Waals surface area contributed by atoms with E-state index in [0.717, 1.165) is 25.2 Å². The summed E-state index contributed by atoms with van der Waals surface area (Å²) in [5.74, 6) is 0.730. The van der Waals surface area contributed by atoms with E-state index in [1.54, 1.807) is 4.90 Å². The lowest BCUT2D eigenvalue weighted by atomic mass is 10.1. The van der Waals surface area contributed by atoms with Crippen molar-refractivity contribution in [3.63, 3.8) is 0 Å². The minimum atomic E-state index is -0.212. The van der Waals surface area contributed by atoms with Crippen LogP contribution in [0.15, 0.2) is 9.98 Å². The lowest BCUT2D eigenvalue weighted by molar-refractivity contribution is 0.0975. The summed E-state index contributed by atoms with van der Waals surface area (Å²) in [6, 6.07) is 0.645. The molecular weight excluding hydrogens is 244 g/mol. The number of nitrogens with zero attached hydrogens (tertiary/aromatic N) is 3. The van der Waals surface area contributed by atoms with Gasteiger partial charge in [0.25, 0.3) is 0 Å². The number of guanidine groups is 1. The first-order chi connectivity index (χ1) is 9.19. The molecule has 1 unspecified atom stereocenters. The van der Waals surface area contributed by atoms with Gasteiger partial charge in [0.1, 0.15) is 0 Å². The van der Waals surface area contributed by atoms with E-state index in [2.05, 4.69) is 22.2 Å². The van der Waals surface area contributed by atoms with Crippen LogP contribution in [0.1, 0.15) is 33.1 Å². The van der Waals surface area contributed by atoms with Gasteiger partial charge >= 0.3 is 6.09 Å². The third kappa shape index (κ3) is 3.94. The van der Waals surface area contributed by atoms with Gasteiger partial charge in [-0.25, -0.2) is 14.8 Å². The monoisotopic (exact) mass is 266 g/mol. The number of carbonyl (C=O) groups excluding carboxylic acids is 1. The number of rotatable bonds is 2. The lowest BCUT2D eigenvalue weighted by Gasteiger charge is -2.30. The third-order valence-corrected chi connectivity index (χ3v) is 3.34. The highest BCUT2D eigenvalue weighted by Gasteiger charge is 2.23. The lowest BCUT2D eigenvalue weighted by Crippen LogP contribution is -2.41. The molecule has 0 spiro atoms. The molecule has 0 radical (unpaired) electrons. The summed E-state index contributed by atoms with van der Waals surface area (Å²) in [5, 5.41) is 3.26. The van der Waals surface area contributed by atoms with Gasteiger partial charge in [0.05, 0.1) is 12.6 Å². The molecule has 0 aromatic carbocycles. The van der Waals surface area contributed by atoms with Crippen molar-refractivity contribution in [1.29, 1.82) is 0 Å². The minimum Gasteiger partial charge on any atom is -0.450 e. The van der Waals surface area contributed by atoms with Gasteiger partial charge in [0.2, 0.25) is 5.96 Å². The van der Waals surface area contributed by atoms with Gasteiger partial charge in [0.15, 0.2) is 0 Å². The molecule has 6 heteroatoms. The molecule has 0 aliphatic carbocycles. The highest BCUT2D eigenvalue weighted by molar-refractivity contribution is 5.90. The van der Waals surface area contributed by atoms with Crippen molar-refractivity contribution in [3.05, 3.63) is 0 Å². The van der Waals surface area contributed by atoms with Gasteiger partial charge in [-0.2, -0.15) is 0 Å². The number of hydrogen-bond acceptors (Lipinski definition) is 3. The molecule has 0 saturated carbocycles. The summed E-state index contributed by atoms with van der Waals surface area (Å²) in [4.78, 5) is 22.2. The molecule has 0 aromatic rings. The summed E-state index contributed by atoms with van der Waals surface area (Å²) >= 11 is 0. The zero-order chi connectivity index (χ0) is 13.7. The fourth-order valence-corrected chi connectivity index (χ4v) is 2.25. The fraction of sp³-hybridized carbons (Fsp3) is 0.769. The molecule has 2 rings (SSSR count). The average molecular weight is 266 g/mol. The molecule has 1 atom stereocenters. The predicted molar refractivity (Wildman–Crippen MR) is 74.8 cm³/mol. The SMILES string of the molecule is CCOC(=O)N1CCC(N=C2N=CCC(C)N2)CC1. The molecule has 2 aliphatic heterocycles. The molecule has 1 fully saturated rings. The second kappa shape index (κ2) is 6.54. The van der Waals surface area contributed by atoms with Crippen molar-refractivity contribution in [2.24, 2.45) is 9.98 Å². The molecular formula is C13H22N4O2. The van der Waals surface area contributed by atoms with E-state index < -0.39 is 0 Å². The van der Waals surface area contributed by atoms with Crippen molar-refractivity contribution in [1.82, 2.24) is 10.2 Å². The molecule has 0 bridgehead atoms. The van der Waals surface area contributed by atoms with Crippen molar-refractivity contribution in [3.8, 4) is 0 Å². The number of hydrogen-bond donors (Lipinski definition) is 1. The standard InChI is InChI=1S/C13H22N4O2/c1-3-19-13(18)17-8-5-11(6-9-17)16-12-14-7-4-10(2)15-12/h7,10-11H,3-6,8-9H2,1-2H3,(H,15,16). The van der Waals surface area contributed by atoms with Gasteiger partial charge in [-0.05, 0) is 26.7 Å². The van der Waals surface area contributed by atoms with Crippen LogP contribution < -0.4 is 5.32 Å². The number of amides is 1. The van der Waals surface area contributed by atoms with Gasteiger partial charge in [0, 0.05) is 31.8 Å². The predicted octanol–water partition coefficient (Wildman–Crippen LogP) is 1.42. The Hall–Kier alpha value is -1.59. The van der Waals surface area contributed by atoms with E-state index in [0.29, 0.717) is 25.7 Å². The molecule has 1 N–H and O–H groups in total. The fourth-order valence-electron chi connectivity index (χ4n) is 2.25. The van der Waals surface area contributed by atoms with Gasteiger partial charge in [-0.3, -0.25) is 0 Å². The second-order valence-corrected chi connectivity index (χ2v) is 4.96. The highest BCUT2D eigenvalue weighted by atomic mass is 16.6. The molecule has 2 aliphatic rings. The normalized spacial score (nSPS) is 26.3. The number of likely N-dealkylation sites (tertiary alicyclic amines) is 1. The summed E-state index contributed by atoms with van der Waals surface area (Å²) in [7, 11) is 0. The van der Waals surface area contributed by atoms with Gasteiger partial charge in [-0.1, -0.05) is 0 Å². The second-order valence-electron chi connectivity index (χ2n) is 4.96. The molecule has 2 heterocycles. The Morgan fingerprint density at radius 1 is 1.58 bits per heavy atom. The number of nitrogens with one attached hydrogen (secondary N) is 1. The molecule has 0 aromatic heterocycles. The molecule has 1 amide bonds. The van der Waals surface area contributed by atoms with E-state index in [1.165, 1.54) is 0 Å². The zero-order valence-corrected chi connectivity index (χ0v) is 11.6. The largest absolute Gasteiger partial charge is 0.450 e. The third-order valence-electron chi connectivity index (χ3n) is 3.34. The van der Waals surface area contributed by atoms with E-state index in [4.69, 9.17) is 4.74 Å². The molecule has 19 heavy (non-hydrogen) atoms. The Bertz CT molecular complexity index is 373. The Balaban J connectivity index is 1.83.